The lowest BCUT2D eigenvalue weighted by molar-refractivity contribution is 0.406. The quantitative estimate of drug-likeness (QED) is 0.910. The minimum Gasteiger partial charge on any atom is -0.496 e. The number of methoxy groups -OCH3 is 1. The summed E-state index contributed by atoms with van der Waals surface area (Å²) in [5.41, 5.74) is 10.3. The Morgan fingerprint density at radius 2 is 2.15 bits per heavy atom. The molecule has 0 aliphatic heterocycles. The molecule has 2 aromatic heterocycles. The molecule has 0 saturated heterocycles. The first kappa shape index (κ1) is 14.6. The SMILES string of the molecule is COc1c(C)cnc(Cn2cccc2CC(C)N)c1C. The summed E-state index contributed by atoms with van der Waals surface area (Å²) >= 11 is 0. The van der Waals surface area contributed by atoms with E-state index in [1.165, 1.54) is 5.69 Å². The average molecular weight is 273 g/mol. The Balaban J connectivity index is 2.29. The van der Waals surface area contributed by atoms with Crippen molar-refractivity contribution in [2.24, 2.45) is 5.73 Å². The third-order valence-corrected chi connectivity index (χ3v) is 3.52. The molecule has 4 nitrogen and oxygen atoms in total. The summed E-state index contributed by atoms with van der Waals surface area (Å²) in [4.78, 5) is 4.55. The van der Waals surface area contributed by atoms with Crippen LogP contribution in [-0.2, 0) is 13.0 Å². The topological polar surface area (TPSA) is 53.1 Å². The monoisotopic (exact) mass is 273 g/mol. The fourth-order valence-corrected chi connectivity index (χ4v) is 2.51. The molecule has 2 heterocycles. The van der Waals surface area contributed by atoms with Gasteiger partial charge in [-0.1, -0.05) is 0 Å². The van der Waals surface area contributed by atoms with E-state index in [4.69, 9.17) is 10.5 Å². The largest absolute Gasteiger partial charge is 0.496 e. The number of rotatable bonds is 5. The lowest BCUT2D eigenvalue weighted by Crippen LogP contribution is -2.20. The van der Waals surface area contributed by atoms with Crippen LogP contribution < -0.4 is 10.5 Å². The van der Waals surface area contributed by atoms with Gasteiger partial charge in [-0.15, -0.1) is 0 Å². The lowest BCUT2D eigenvalue weighted by Gasteiger charge is -2.15. The summed E-state index contributed by atoms with van der Waals surface area (Å²) in [6.07, 6.45) is 4.82. The van der Waals surface area contributed by atoms with Gasteiger partial charge in [-0.2, -0.15) is 0 Å². The summed E-state index contributed by atoms with van der Waals surface area (Å²) < 4.78 is 7.66. The number of nitrogens with zero attached hydrogens (tertiary/aromatic N) is 2. The molecule has 0 aliphatic carbocycles. The van der Waals surface area contributed by atoms with Crippen LogP contribution in [0.5, 0.6) is 5.75 Å². The van der Waals surface area contributed by atoms with Gasteiger partial charge in [-0.05, 0) is 32.9 Å². The minimum atomic E-state index is 0.158. The summed E-state index contributed by atoms with van der Waals surface area (Å²) in [7, 11) is 1.70. The van der Waals surface area contributed by atoms with E-state index >= 15 is 0 Å². The van der Waals surface area contributed by atoms with Crippen molar-refractivity contribution in [3.05, 3.63) is 47.0 Å². The summed E-state index contributed by atoms with van der Waals surface area (Å²) in [5.74, 6) is 0.927. The summed E-state index contributed by atoms with van der Waals surface area (Å²) in [5, 5.41) is 0. The zero-order chi connectivity index (χ0) is 14.7. The molecule has 20 heavy (non-hydrogen) atoms. The summed E-state index contributed by atoms with van der Waals surface area (Å²) in [6, 6.07) is 4.33. The second-order valence-corrected chi connectivity index (χ2v) is 5.35. The molecule has 0 amide bonds. The molecule has 0 fully saturated rings. The zero-order valence-electron chi connectivity index (χ0n) is 12.7. The van der Waals surface area contributed by atoms with Gasteiger partial charge in [-0.25, -0.2) is 0 Å². The fourth-order valence-electron chi connectivity index (χ4n) is 2.51. The molecule has 0 spiro atoms. The number of pyridine rings is 1. The molecule has 4 heteroatoms. The van der Waals surface area contributed by atoms with E-state index in [9.17, 15) is 0 Å². The molecule has 1 atom stereocenters. The summed E-state index contributed by atoms with van der Waals surface area (Å²) in [6.45, 7) is 6.84. The minimum absolute atomic E-state index is 0.158. The molecule has 0 aliphatic rings. The molecule has 0 saturated carbocycles. The zero-order valence-corrected chi connectivity index (χ0v) is 12.7. The molecule has 0 aromatic carbocycles. The van der Waals surface area contributed by atoms with Crippen molar-refractivity contribution >= 4 is 0 Å². The van der Waals surface area contributed by atoms with E-state index in [2.05, 4.69) is 34.8 Å². The van der Waals surface area contributed by atoms with Crippen LogP contribution in [0.1, 0.15) is 29.4 Å². The standard InChI is InChI=1S/C16H23N3O/c1-11-9-18-15(13(3)16(11)20-4)10-19-7-5-6-14(19)8-12(2)17/h5-7,9,12H,8,10,17H2,1-4H3. The molecular weight excluding hydrogens is 250 g/mol. The van der Waals surface area contributed by atoms with Crippen LogP contribution in [0.15, 0.2) is 24.5 Å². The van der Waals surface area contributed by atoms with Gasteiger partial charge < -0.3 is 15.0 Å². The molecule has 2 rings (SSSR count). The lowest BCUT2D eigenvalue weighted by atomic mass is 10.1. The van der Waals surface area contributed by atoms with E-state index in [-0.39, 0.29) is 6.04 Å². The highest BCUT2D eigenvalue weighted by molar-refractivity contribution is 5.41. The van der Waals surface area contributed by atoms with Crippen LogP contribution in [0.3, 0.4) is 0 Å². The number of aromatic nitrogens is 2. The first-order valence-electron chi connectivity index (χ1n) is 6.91. The molecule has 108 valence electrons. The van der Waals surface area contributed by atoms with Crippen molar-refractivity contribution in [3.63, 3.8) is 0 Å². The molecule has 2 N–H and O–H groups in total. The highest BCUT2D eigenvalue weighted by atomic mass is 16.5. The van der Waals surface area contributed by atoms with E-state index in [0.717, 1.165) is 35.5 Å². The van der Waals surface area contributed by atoms with Gasteiger partial charge in [0.2, 0.25) is 0 Å². The van der Waals surface area contributed by atoms with E-state index in [1.54, 1.807) is 7.11 Å². The van der Waals surface area contributed by atoms with Crippen molar-refractivity contribution in [1.29, 1.82) is 0 Å². The van der Waals surface area contributed by atoms with Crippen LogP contribution in [0, 0.1) is 13.8 Å². The number of hydrogen-bond acceptors (Lipinski definition) is 3. The maximum absolute atomic E-state index is 5.89. The first-order chi connectivity index (χ1) is 9.52. The van der Waals surface area contributed by atoms with Crippen molar-refractivity contribution in [1.82, 2.24) is 9.55 Å². The van der Waals surface area contributed by atoms with Gasteiger partial charge in [-0.3, -0.25) is 4.98 Å². The van der Waals surface area contributed by atoms with E-state index in [1.807, 2.05) is 20.0 Å². The van der Waals surface area contributed by atoms with Crippen molar-refractivity contribution in [2.45, 2.75) is 39.8 Å². The smallest absolute Gasteiger partial charge is 0.128 e. The molecular formula is C16H23N3O. The fraction of sp³-hybridized carbons (Fsp3) is 0.438. The van der Waals surface area contributed by atoms with Gasteiger partial charge in [0, 0.05) is 41.7 Å². The number of hydrogen-bond donors (Lipinski definition) is 1. The third kappa shape index (κ3) is 3.02. The van der Waals surface area contributed by atoms with Gasteiger partial charge in [0.15, 0.2) is 0 Å². The van der Waals surface area contributed by atoms with Crippen molar-refractivity contribution in [3.8, 4) is 5.75 Å². The van der Waals surface area contributed by atoms with Crippen LogP contribution in [0.4, 0.5) is 0 Å². The Labute approximate surface area is 120 Å². The molecule has 0 bridgehead atoms. The maximum Gasteiger partial charge on any atom is 0.128 e. The second kappa shape index (κ2) is 6.09. The molecule has 0 radical (unpaired) electrons. The van der Waals surface area contributed by atoms with Crippen LogP contribution in [0.2, 0.25) is 0 Å². The number of aryl methyl sites for hydroxylation is 1. The predicted molar refractivity (Wildman–Crippen MR) is 81.2 cm³/mol. The maximum atomic E-state index is 5.89. The Morgan fingerprint density at radius 1 is 1.40 bits per heavy atom. The van der Waals surface area contributed by atoms with Crippen LogP contribution in [-0.4, -0.2) is 22.7 Å². The average Bonchev–Trinajstić information content (AvgIpc) is 2.80. The van der Waals surface area contributed by atoms with Crippen molar-refractivity contribution < 1.29 is 4.74 Å². The number of nitrogens with two attached hydrogens (primary N) is 1. The Kier molecular flexibility index (Phi) is 4.45. The van der Waals surface area contributed by atoms with Crippen LogP contribution in [0.25, 0.3) is 0 Å². The van der Waals surface area contributed by atoms with Crippen LogP contribution >= 0.6 is 0 Å². The van der Waals surface area contributed by atoms with Gasteiger partial charge in [0.25, 0.3) is 0 Å². The predicted octanol–water partition coefficient (Wildman–Crippen LogP) is 2.45. The third-order valence-electron chi connectivity index (χ3n) is 3.52. The Morgan fingerprint density at radius 3 is 2.80 bits per heavy atom. The first-order valence-corrected chi connectivity index (χ1v) is 6.91. The van der Waals surface area contributed by atoms with E-state index in [0.29, 0.717) is 0 Å². The van der Waals surface area contributed by atoms with E-state index < -0.39 is 0 Å². The molecule has 2 aromatic rings. The highest BCUT2D eigenvalue weighted by Gasteiger charge is 2.11. The van der Waals surface area contributed by atoms with Gasteiger partial charge >= 0.3 is 0 Å². The highest BCUT2D eigenvalue weighted by Crippen LogP contribution is 2.24. The second-order valence-electron chi connectivity index (χ2n) is 5.35. The van der Waals surface area contributed by atoms with Crippen molar-refractivity contribution in [2.75, 3.05) is 7.11 Å². The Hall–Kier alpha value is -1.81. The van der Waals surface area contributed by atoms with Gasteiger partial charge in [0.05, 0.1) is 19.3 Å². The Bertz CT molecular complexity index is 587. The normalized spacial score (nSPS) is 12.4. The van der Waals surface area contributed by atoms with Gasteiger partial charge in [0.1, 0.15) is 5.75 Å². The molecule has 1 unspecified atom stereocenters. The number of ether oxygens (including phenoxy) is 1.